The van der Waals surface area contributed by atoms with E-state index in [1.165, 1.54) is 12.8 Å². The summed E-state index contributed by atoms with van der Waals surface area (Å²) >= 11 is 0. The van der Waals surface area contributed by atoms with Gasteiger partial charge in [-0.15, -0.1) is 0 Å². The zero-order valence-electron chi connectivity index (χ0n) is 12.6. The van der Waals surface area contributed by atoms with Crippen molar-refractivity contribution in [1.29, 1.82) is 0 Å². The fraction of sp³-hybridized carbons (Fsp3) is 0.588. The van der Waals surface area contributed by atoms with E-state index in [2.05, 4.69) is 5.32 Å². The topological polar surface area (TPSA) is 47.6 Å². The second kappa shape index (κ2) is 6.06. The van der Waals surface area contributed by atoms with Gasteiger partial charge >= 0.3 is 5.97 Å². The molecule has 1 aliphatic carbocycles. The first-order chi connectivity index (χ1) is 10.3. The van der Waals surface area contributed by atoms with Crippen molar-refractivity contribution < 1.29 is 14.3 Å². The number of hydrogen-bond donors (Lipinski definition) is 1. The van der Waals surface area contributed by atoms with Crippen molar-refractivity contribution >= 4 is 5.97 Å². The lowest BCUT2D eigenvalue weighted by molar-refractivity contribution is -0.153. The molecule has 4 nitrogen and oxygen atoms in total. The molecule has 0 aromatic heterocycles. The number of benzene rings is 1. The van der Waals surface area contributed by atoms with Gasteiger partial charge in [-0.3, -0.25) is 5.32 Å². The van der Waals surface area contributed by atoms with Gasteiger partial charge in [0.25, 0.3) is 0 Å². The van der Waals surface area contributed by atoms with Gasteiger partial charge in [-0.05, 0) is 25.8 Å². The molecule has 1 unspecified atom stereocenters. The van der Waals surface area contributed by atoms with Gasteiger partial charge in [0.15, 0.2) is 0 Å². The lowest BCUT2D eigenvalue weighted by atomic mass is 9.83. The van der Waals surface area contributed by atoms with Gasteiger partial charge in [-0.2, -0.15) is 0 Å². The molecule has 2 aliphatic rings. The Morgan fingerprint density at radius 3 is 2.90 bits per heavy atom. The van der Waals surface area contributed by atoms with Gasteiger partial charge in [0.1, 0.15) is 11.3 Å². The average molecular weight is 289 g/mol. The summed E-state index contributed by atoms with van der Waals surface area (Å²) in [4.78, 5) is 12.7. The van der Waals surface area contributed by atoms with E-state index < -0.39 is 5.54 Å². The molecule has 1 fully saturated rings. The third kappa shape index (κ3) is 2.64. The van der Waals surface area contributed by atoms with Crippen molar-refractivity contribution in [1.82, 2.24) is 5.32 Å². The smallest absolute Gasteiger partial charge is 0.331 e. The minimum Gasteiger partial charge on any atom is -0.493 e. The van der Waals surface area contributed by atoms with E-state index in [0.29, 0.717) is 25.7 Å². The molecule has 1 aromatic carbocycles. The Balaban J connectivity index is 1.98. The Hall–Kier alpha value is -1.55. The van der Waals surface area contributed by atoms with E-state index >= 15 is 0 Å². The molecule has 1 aromatic rings. The Morgan fingerprint density at radius 2 is 2.14 bits per heavy atom. The van der Waals surface area contributed by atoms with Crippen molar-refractivity contribution in [2.75, 3.05) is 13.2 Å². The molecule has 1 aliphatic heterocycles. The molecule has 0 saturated heterocycles. The number of hydrogen-bond acceptors (Lipinski definition) is 4. The third-order valence-electron chi connectivity index (χ3n) is 4.51. The van der Waals surface area contributed by atoms with Gasteiger partial charge in [-0.1, -0.05) is 31.0 Å². The van der Waals surface area contributed by atoms with Gasteiger partial charge < -0.3 is 9.47 Å². The number of ether oxygens (including phenoxy) is 2. The summed E-state index contributed by atoms with van der Waals surface area (Å²) in [6, 6.07) is 8.19. The summed E-state index contributed by atoms with van der Waals surface area (Å²) in [5.41, 5.74) is 0.168. The van der Waals surface area contributed by atoms with Crippen molar-refractivity contribution in [2.24, 2.45) is 0 Å². The van der Waals surface area contributed by atoms with Crippen LogP contribution in [0.2, 0.25) is 0 Å². The van der Waals surface area contributed by atoms with Crippen LogP contribution in [0.25, 0.3) is 0 Å². The quantitative estimate of drug-likeness (QED) is 0.866. The number of fused-ring (bicyclic) bond motifs is 1. The predicted octanol–water partition coefficient (Wildman–Crippen LogP) is 2.76. The molecular weight excluding hydrogens is 266 g/mol. The Morgan fingerprint density at radius 1 is 1.38 bits per heavy atom. The van der Waals surface area contributed by atoms with Crippen molar-refractivity contribution in [3.05, 3.63) is 29.8 Å². The molecule has 1 saturated carbocycles. The summed E-state index contributed by atoms with van der Waals surface area (Å²) in [7, 11) is 0. The maximum Gasteiger partial charge on any atom is 0.331 e. The summed E-state index contributed by atoms with van der Waals surface area (Å²) in [5, 5.41) is 3.62. The fourth-order valence-electron chi connectivity index (χ4n) is 3.49. The number of para-hydroxylation sites is 1. The summed E-state index contributed by atoms with van der Waals surface area (Å²) in [6.07, 6.45) is 5.34. The molecule has 4 heteroatoms. The van der Waals surface area contributed by atoms with E-state index in [1.807, 2.05) is 31.2 Å². The van der Waals surface area contributed by atoms with Crippen LogP contribution in [-0.4, -0.2) is 25.2 Å². The van der Waals surface area contributed by atoms with Gasteiger partial charge in [-0.25, -0.2) is 4.79 Å². The highest BCUT2D eigenvalue weighted by Gasteiger charge is 2.47. The minimum atomic E-state index is -0.750. The summed E-state index contributed by atoms with van der Waals surface area (Å²) in [5.74, 6) is 0.620. The normalized spacial score (nSPS) is 25.2. The van der Waals surface area contributed by atoms with E-state index in [4.69, 9.17) is 9.47 Å². The molecule has 3 rings (SSSR count). The van der Waals surface area contributed by atoms with E-state index in [1.54, 1.807) is 0 Å². The second-order valence-electron chi connectivity index (χ2n) is 5.85. The Kier molecular flexibility index (Phi) is 4.15. The SMILES string of the molecule is CCOC(=O)C1(NC2CCCC2)CCOc2ccccc21. The molecule has 0 bridgehead atoms. The molecule has 0 radical (unpaired) electrons. The molecule has 1 N–H and O–H groups in total. The maximum atomic E-state index is 12.7. The molecule has 1 heterocycles. The number of rotatable bonds is 4. The summed E-state index contributed by atoms with van der Waals surface area (Å²) in [6.45, 7) is 2.79. The van der Waals surface area contributed by atoms with Crippen LogP contribution < -0.4 is 10.1 Å². The second-order valence-corrected chi connectivity index (χ2v) is 5.85. The molecule has 1 atom stereocenters. The van der Waals surface area contributed by atoms with E-state index in [0.717, 1.165) is 24.2 Å². The molecular formula is C17H23NO3. The van der Waals surface area contributed by atoms with Crippen LogP contribution in [0.15, 0.2) is 24.3 Å². The van der Waals surface area contributed by atoms with Crippen LogP contribution in [0.5, 0.6) is 5.75 Å². The first kappa shape index (κ1) is 14.4. The highest BCUT2D eigenvalue weighted by Crippen LogP contribution is 2.39. The first-order valence-corrected chi connectivity index (χ1v) is 7.93. The van der Waals surface area contributed by atoms with Crippen molar-refractivity contribution in [3.63, 3.8) is 0 Å². The van der Waals surface area contributed by atoms with Crippen LogP contribution in [0.1, 0.15) is 44.6 Å². The zero-order chi connectivity index (χ0) is 14.7. The van der Waals surface area contributed by atoms with Crippen LogP contribution in [0.3, 0.4) is 0 Å². The number of carbonyl (C=O) groups excluding carboxylic acids is 1. The lowest BCUT2D eigenvalue weighted by Crippen LogP contribution is -2.55. The van der Waals surface area contributed by atoms with Crippen LogP contribution >= 0.6 is 0 Å². The zero-order valence-corrected chi connectivity index (χ0v) is 12.6. The lowest BCUT2D eigenvalue weighted by Gasteiger charge is -2.39. The monoisotopic (exact) mass is 289 g/mol. The maximum absolute atomic E-state index is 12.7. The summed E-state index contributed by atoms with van der Waals surface area (Å²) < 4.78 is 11.1. The standard InChI is InChI=1S/C17H23NO3/c1-2-20-16(19)17(18-13-7-3-4-8-13)11-12-21-15-10-6-5-9-14(15)17/h5-6,9-10,13,18H,2-4,7-8,11-12H2,1H3. The fourth-order valence-corrected chi connectivity index (χ4v) is 3.49. The van der Waals surface area contributed by atoms with E-state index in [-0.39, 0.29) is 5.97 Å². The van der Waals surface area contributed by atoms with Gasteiger partial charge in [0.2, 0.25) is 0 Å². The van der Waals surface area contributed by atoms with Crippen molar-refractivity contribution in [2.45, 2.75) is 50.6 Å². The minimum absolute atomic E-state index is 0.173. The van der Waals surface area contributed by atoms with Crippen LogP contribution in [-0.2, 0) is 15.1 Å². The van der Waals surface area contributed by atoms with Crippen molar-refractivity contribution in [3.8, 4) is 5.75 Å². The van der Waals surface area contributed by atoms with Crippen LogP contribution in [0.4, 0.5) is 0 Å². The molecule has 114 valence electrons. The highest BCUT2D eigenvalue weighted by molar-refractivity contribution is 5.84. The molecule has 0 amide bonds. The van der Waals surface area contributed by atoms with Gasteiger partial charge in [0.05, 0.1) is 13.2 Å². The largest absolute Gasteiger partial charge is 0.493 e. The first-order valence-electron chi connectivity index (χ1n) is 7.93. The number of nitrogens with one attached hydrogen (secondary N) is 1. The Labute approximate surface area is 125 Å². The van der Waals surface area contributed by atoms with Gasteiger partial charge in [0, 0.05) is 18.0 Å². The number of esters is 1. The highest BCUT2D eigenvalue weighted by atomic mass is 16.5. The predicted molar refractivity (Wildman–Crippen MR) is 80.3 cm³/mol. The average Bonchev–Trinajstić information content (AvgIpc) is 3.00. The number of carbonyl (C=O) groups is 1. The van der Waals surface area contributed by atoms with Crippen LogP contribution in [0, 0.1) is 0 Å². The van der Waals surface area contributed by atoms with E-state index in [9.17, 15) is 4.79 Å². The molecule has 21 heavy (non-hydrogen) atoms. The third-order valence-corrected chi connectivity index (χ3v) is 4.51. The molecule has 0 spiro atoms. The Bertz CT molecular complexity index is 511.